The number of carbonyl (C=O) groups excluding carboxylic acids is 2. The van der Waals surface area contributed by atoms with Gasteiger partial charge in [0, 0.05) is 53.1 Å². The molecular weight excluding hydrogens is 849 g/mol. The summed E-state index contributed by atoms with van der Waals surface area (Å²) in [6.07, 6.45) is -11.2. The fourth-order valence-corrected chi connectivity index (χ4v) is 8.27. The number of fused-ring (bicyclic) bond motifs is 2. The van der Waals surface area contributed by atoms with Gasteiger partial charge in [-0.05, 0) is 36.2 Å². The molecule has 27 heteroatoms. The Morgan fingerprint density at radius 2 is 1.31 bits per heavy atom. The third kappa shape index (κ3) is 10.2. The number of ether oxygens (including phenoxy) is 1. The van der Waals surface area contributed by atoms with Crippen LogP contribution in [0.3, 0.4) is 0 Å². The van der Waals surface area contributed by atoms with E-state index >= 15 is 0 Å². The highest BCUT2D eigenvalue weighted by molar-refractivity contribution is 7.17. The number of imidazole rings is 2. The Kier molecular flexibility index (Phi) is 12.4. The number of aromatic nitrogens is 6. The third-order valence-corrected chi connectivity index (χ3v) is 10.4. The molecule has 2 aliphatic heterocycles. The van der Waals surface area contributed by atoms with Gasteiger partial charge in [0.1, 0.15) is 10.0 Å². The number of alkyl halides is 12. The SMILES string of the molecule is CNCc1nn2c(CN3CC(CC(F)(F)Cl)N(C)C3=O)c(C(F)(F)F)nc2s1.COCc1nn2c(CN3CC(CC(F)(F)Cl)CC3=O)c(C(F)(F)F)nc2s1. The molecular formula is C28H30Cl2F10N10O3S2. The molecule has 2 saturated heterocycles. The van der Waals surface area contributed by atoms with E-state index in [1.807, 2.05) is 0 Å². The lowest BCUT2D eigenvalue weighted by atomic mass is 10.1. The third-order valence-electron chi connectivity index (χ3n) is 8.32. The van der Waals surface area contributed by atoms with Gasteiger partial charge in [-0.2, -0.15) is 54.1 Å². The van der Waals surface area contributed by atoms with Crippen molar-refractivity contribution in [2.45, 2.75) is 74.7 Å². The summed E-state index contributed by atoms with van der Waals surface area (Å²) >= 11 is 11.8. The van der Waals surface area contributed by atoms with Crippen LogP contribution in [0.2, 0.25) is 0 Å². The summed E-state index contributed by atoms with van der Waals surface area (Å²) in [6.45, 7) is -0.754. The minimum atomic E-state index is -4.75. The van der Waals surface area contributed by atoms with Crippen LogP contribution in [-0.4, -0.2) is 107 Å². The topological polar surface area (TPSA) is 126 Å². The maximum Gasteiger partial charge on any atom is 0.435 e. The van der Waals surface area contributed by atoms with E-state index in [0.29, 0.717) is 16.6 Å². The first-order chi connectivity index (χ1) is 25.4. The molecule has 0 radical (unpaired) electrons. The number of likely N-dealkylation sites (tertiary alicyclic amines) is 1. The highest BCUT2D eigenvalue weighted by Gasteiger charge is 2.45. The predicted molar refractivity (Wildman–Crippen MR) is 177 cm³/mol. The number of rotatable bonds is 12. The van der Waals surface area contributed by atoms with E-state index in [1.54, 1.807) is 7.05 Å². The van der Waals surface area contributed by atoms with Crippen molar-refractivity contribution >= 4 is 67.7 Å². The number of amides is 3. The molecule has 13 nitrogen and oxygen atoms in total. The second kappa shape index (κ2) is 15.9. The molecule has 55 heavy (non-hydrogen) atoms. The molecule has 6 rings (SSSR count). The first kappa shape index (κ1) is 42.9. The van der Waals surface area contributed by atoms with Crippen LogP contribution in [0.5, 0.6) is 0 Å². The number of likely N-dealkylation sites (N-methyl/N-ethyl adjacent to an activating group) is 1. The van der Waals surface area contributed by atoms with E-state index < -0.39 is 84.3 Å². The molecule has 4 aromatic rings. The van der Waals surface area contributed by atoms with Gasteiger partial charge in [-0.3, -0.25) is 4.79 Å². The Balaban J connectivity index is 0.000000211. The Morgan fingerprint density at radius 1 is 0.800 bits per heavy atom. The van der Waals surface area contributed by atoms with Crippen molar-refractivity contribution in [2.75, 3.05) is 34.3 Å². The van der Waals surface area contributed by atoms with Crippen LogP contribution in [0.15, 0.2) is 0 Å². The van der Waals surface area contributed by atoms with Gasteiger partial charge in [0.2, 0.25) is 15.8 Å². The highest BCUT2D eigenvalue weighted by atomic mass is 35.5. The number of halogens is 12. The number of hydrogen-bond acceptors (Lipinski definition) is 10. The standard InChI is InChI=1S/C14H16ClF5N6OS.C14H14ClF5N4O2S/c1-21-4-9-23-26-8(10(14(18,19)20)22-11(26)28-9)6-25-5-7(3-13(15,16)17)24(2)12(25)27;1-26-6-9-22-24-8(11(14(18,19)20)21-12(24)27-9)5-23-4-7(2-10(23)25)3-13(15,16)17/h7,21H,3-6H2,1-2H3;7H,2-6H2,1H3. The summed E-state index contributed by atoms with van der Waals surface area (Å²) < 4.78 is 139. The van der Waals surface area contributed by atoms with Crippen LogP contribution >= 0.6 is 45.9 Å². The van der Waals surface area contributed by atoms with Gasteiger partial charge in [-0.15, -0.1) is 0 Å². The molecule has 0 aromatic carbocycles. The van der Waals surface area contributed by atoms with Crippen molar-refractivity contribution in [2.24, 2.45) is 5.92 Å². The smallest absolute Gasteiger partial charge is 0.377 e. The summed E-state index contributed by atoms with van der Waals surface area (Å²) in [4.78, 5) is 34.9. The zero-order valence-corrected chi connectivity index (χ0v) is 31.8. The quantitative estimate of drug-likeness (QED) is 0.126. The van der Waals surface area contributed by atoms with E-state index in [0.717, 1.165) is 46.4 Å². The normalized spacial score (nSPS) is 18.8. The lowest BCUT2D eigenvalue weighted by Gasteiger charge is -2.19. The van der Waals surface area contributed by atoms with Crippen LogP contribution in [-0.2, 0) is 48.1 Å². The fourth-order valence-electron chi connectivity index (χ4n) is 6.07. The van der Waals surface area contributed by atoms with Gasteiger partial charge >= 0.3 is 29.1 Å². The van der Waals surface area contributed by atoms with E-state index in [4.69, 9.17) is 27.9 Å². The average molecular weight is 880 g/mol. The van der Waals surface area contributed by atoms with Crippen LogP contribution in [0.25, 0.3) is 9.92 Å². The van der Waals surface area contributed by atoms with Crippen molar-refractivity contribution in [3.63, 3.8) is 0 Å². The molecule has 2 aliphatic rings. The maximum atomic E-state index is 13.4. The van der Waals surface area contributed by atoms with E-state index in [-0.39, 0.29) is 47.4 Å². The number of nitrogens with zero attached hydrogens (tertiary/aromatic N) is 9. The molecule has 4 aromatic heterocycles. The summed E-state index contributed by atoms with van der Waals surface area (Å²) in [7, 11) is 4.39. The largest absolute Gasteiger partial charge is 0.435 e. The summed E-state index contributed by atoms with van der Waals surface area (Å²) in [5.74, 6) is -1.25. The van der Waals surface area contributed by atoms with Gasteiger partial charge in [-0.25, -0.2) is 23.8 Å². The fraction of sp³-hybridized carbons (Fsp3) is 0.643. The van der Waals surface area contributed by atoms with Crippen LogP contribution in [0.1, 0.15) is 52.1 Å². The molecule has 2 atom stereocenters. The molecule has 3 amide bonds. The van der Waals surface area contributed by atoms with Crippen LogP contribution < -0.4 is 5.32 Å². The van der Waals surface area contributed by atoms with Gasteiger partial charge in [0.05, 0.1) is 37.1 Å². The van der Waals surface area contributed by atoms with E-state index in [2.05, 4.69) is 25.5 Å². The first-order valence-corrected chi connectivity index (χ1v) is 18.2. The monoisotopic (exact) mass is 878 g/mol. The summed E-state index contributed by atoms with van der Waals surface area (Å²) in [5.41, 5.74) is -2.93. The van der Waals surface area contributed by atoms with Gasteiger partial charge in [-0.1, -0.05) is 22.7 Å². The molecule has 1 N–H and O–H groups in total. The maximum absolute atomic E-state index is 13.4. The zero-order valence-electron chi connectivity index (χ0n) is 28.6. The van der Waals surface area contributed by atoms with Crippen LogP contribution in [0, 0.1) is 5.92 Å². The number of carbonyl (C=O) groups is 2. The van der Waals surface area contributed by atoms with Crippen molar-refractivity contribution in [1.82, 2.24) is 49.2 Å². The van der Waals surface area contributed by atoms with Crippen molar-refractivity contribution in [1.29, 1.82) is 0 Å². The second-order valence-electron chi connectivity index (χ2n) is 12.6. The minimum absolute atomic E-state index is 0.0138. The number of urea groups is 1. The number of nitrogens with one attached hydrogen (secondary N) is 1. The molecule has 2 unspecified atom stereocenters. The zero-order chi connectivity index (χ0) is 40.8. The average Bonchev–Trinajstić information content (AvgIpc) is 3.85. The Labute approximate surface area is 322 Å². The summed E-state index contributed by atoms with van der Waals surface area (Å²) in [6, 6.07) is -1.59. The first-order valence-electron chi connectivity index (χ1n) is 15.8. The Morgan fingerprint density at radius 3 is 1.80 bits per heavy atom. The molecule has 0 saturated carbocycles. The van der Waals surface area contributed by atoms with Crippen molar-refractivity contribution in [3.8, 4) is 0 Å². The molecule has 6 heterocycles. The van der Waals surface area contributed by atoms with E-state index in [1.165, 1.54) is 14.2 Å². The molecule has 2 fully saturated rings. The van der Waals surface area contributed by atoms with Crippen molar-refractivity contribution in [3.05, 3.63) is 32.8 Å². The van der Waals surface area contributed by atoms with Gasteiger partial charge < -0.3 is 24.8 Å². The number of hydrogen-bond donors (Lipinski definition) is 1. The Hall–Kier alpha value is -3.26. The van der Waals surface area contributed by atoms with E-state index in [9.17, 15) is 53.5 Å². The number of methoxy groups -OCH3 is 1. The lowest BCUT2D eigenvalue weighted by Crippen LogP contribution is -2.33. The van der Waals surface area contributed by atoms with Crippen LogP contribution in [0.4, 0.5) is 48.7 Å². The minimum Gasteiger partial charge on any atom is -0.377 e. The predicted octanol–water partition coefficient (Wildman–Crippen LogP) is 6.51. The summed E-state index contributed by atoms with van der Waals surface area (Å²) in [5, 5.41) is 4.96. The molecule has 0 spiro atoms. The second-order valence-corrected chi connectivity index (χ2v) is 15.8. The van der Waals surface area contributed by atoms with Crippen molar-refractivity contribution < 1.29 is 58.2 Å². The molecule has 0 bridgehead atoms. The van der Waals surface area contributed by atoms with Gasteiger partial charge in [0.15, 0.2) is 11.4 Å². The van der Waals surface area contributed by atoms with Gasteiger partial charge in [0.25, 0.3) is 0 Å². The highest BCUT2D eigenvalue weighted by Crippen LogP contribution is 2.38. The lowest BCUT2D eigenvalue weighted by molar-refractivity contribution is -0.142. The molecule has 306 valence electrons. The molecule has 0 aliphatic carbocycles. The Bertz CT molecular complexity index is 2010.